The van der Waals surface area contributed by atoms with E-state index in [0.29, 0.717) is 12.8 Å². The van der Waals surface area contributed by atoms with Gasteiger partial charge in [0.2, 0.25) is 5.91 Å². The number of hydrogen-bond donors (Lipinski definition) is 1. The maximum Gasteiger partial charge on any atom is 0.228 e. The van der Waals surface area contributed by atoms with Crippen molar-refractivity contribution in [1.29, 1.82) is 0 Å². The van der Waals surface area contributed by atoms with Crippen LogP contribution in [0.2, 0.25) is 0 Å². The Morgan fingerprint density at radius 2 is 1.81 bits per heavy atom. The summed E-state index contributed by atoms with van der Waals surface area (Å²) in [5, 5.41) is 2.83. The van der Waals surface area contributed by atoms with E-state index in [2.05, 4.69) is 50.4 Å². The molecule has 0 saturated carbocycles. The first-order chi connectivity index (χ1) is 12.2. The first-order valence-electron chi connectivity index (χ1n) is 9.29. The summed E-state index contributed by atoms with van der Waals surface area (Å²) in [5.41, 5.74) is 5.51. The van der Waals surface area contributed by atoms with E-state index in [1.807, 2.05) is 25.1 Å². The monoisotopic (exact) mass is 349 g/mol. The van der Waals surface area contributed by atoms with Crippen LogP contribution < -0.4 is 5.32 Å². The third-order valence-electron chi connectivity index (χ3n) is 5.22. The fraction of sp³-hybridized carbons (Fsp3) is 0.391. The molecule has 1 N–H and O–H groups in total. The smallest absolute Gasteiger partial charge is 0.228 e. The SMILES string of the molecule is CC(C(=O)CCc1ccc(C(C)(C)C)cc1)c1ccc2c(c1)CC(=O)N2. The number of amides is 1. The summed E-state index contributed by atoms with van der Waals surface area (Å²) in [6.45, 7) is 8.56. The zero-order chi connectivity index (χ0) is 18.9. The Kier molecular flexibility index (Phi) is 4.99. The molecule has 0 aliphatic carbocycles. The van der Waals surface area contributed by atoms with Gasteiger partial charge < -0.3 is 5.32 Å². The lowest BCUT2D eigenvalue weighted by Gasteiger charge is -2.19. The van der Waals surface area contributed by atoms with Gasteiger partial charge in [0.05, 0.1) is 6.42 Å². The van der Waals surface area contributed by atoms with Gasteiger partial charge in [0.1, 0.15) is 5.78 Å². The molecule has 1 heterocycles. The summed E-state index contributed by atoms with van der Waals surface area (Å²) < 4.78 is 0. The fourth-order valence-electron chi connectivity index (χ4n) is 3.36. The summed E-state index contributed by atoms with van der Waals surface area (Å²) in [7, 11) is 0. The normalized spacial score (nSPS) is 14.7. The van der Waals surface area contributed by atoms with Crippen molar-refractivity contribution in [3.8, 4) is 0 Å². The van der Waals surface area contributed by atoms with E-state index < -0.39 is 0 Å². The third kappa shape index (κ3) is 4.04. The van der Waals surface area contributed by atoms with E-state index in [-0.39, 0.29) is 23.0 Å². The van der Waals surface area contributed by atoms with E-state index in [1.54, 1.807) is 0 Å². The number of aryl methyl sites for hydroxylation is 1. The van der Waals surface area contributed by atoms with Crippen molar-refractivity contribution in [1.82, 2.24) is 0 Å². The standard InChI is InChI=1S/C23H27NO2/c1-15(17-8-11-20-18(13-17)14-22(26)24-20)21(25)12-7-16-5-9-19(10-6-16)23(2,3)4/h5-6,8-11,13,15H,7,12,14H2,1-4H3,(H,24,26). The zero-order valence-electron chi connectivity index (χ0n) is 16.1. The molecule has 0 bridgehead atoms. The van der Waals surface area contributed by atoms with Crippen LogP contribution in [-0.4, -0.2) is 11.7 Å². The van der Waals surface area contributed by atoms with Gasteiger partial charge in [0.25, 0.3) is 0 Å². The molecule has 2 aromatic rings. The Morgan fingerprint density at radius 3 is 2.46 bits per heavy atom. The second kappa shape index (κ2) is 7.06. The average molecular weight is 349 g/mol. The molecule has 1 unspecified atom stereocenters. The highest BCUT2D eigenvalue weighted by molar-refractivity contribution is 5.99. The Balaban J connectivity index is 1.61. The van der Waals surface area contributed by atoms with E-state index in [9.17, 15) is 9.59 Å². The Morgan fingerprint density at radius 1 is 1.12 bits per heavy atom. The third-order valence-corrected chi connectivity index (χ3v) is 5.22. The molecule has 0 saturated heterocycles. The van der Waals surface area contributed by atoms with Crippen molar-refractivity contribution >= 4 is 17.4 Å². The van der Waals surface area contributed by atoms with Crippen LogP contribution in [0.4, 0.5) is 5.69 Å². The van der Waals surface area contributed by atoms with Gasteiger partial charge in [0, 0.05) is 18.0 Å². The van der Waals surface area contributed by atoms with Crippen LogP contribution in [0.25, 0.3) is 0 Å². The van der Waals surface area contributed by atoms with E-state index in [1.165, 1.54) is 11.1 Å². The number of carbonyl (C=O) groups excluding carboxylic acids is 2. The van der Waals surface area contributed by atoms with Gasteiger partial charge >= 0.3 is 0 Å². The molecule has 1 aliphatic rings. The summed E-state index contributed by atoms with van der Waals surface area (Å²) >= 11 is 0. The molecular formula is C23H27NO2. The molecule has 0 radical (unpaired) electrons. The van der Waals surface area contributed by atoms with E-state index in [0.717, 1.165) is 23.2 Å². The first kappa shape index (κ1) is 18.4. The molecule has 0 fully saturated rings. The van der Waals surface area contributed by atoms with Crippen LogP contribution in [0.15, 0.2) is 42.5 Å². The number of Topliss-reactive ketones (excluding diaryl/α,β-unsaturated/α-hetero) is 1. The van der Waals surface area contributed by atoms with Crippen molar-refractivity contribution in [2.75, 3.05) is 5.32 Å². The van der Waals surface area contributed by atoms with E-state index >= 15 is 0 Å². The van der Waals surface area contributed by atoms with Crippen molar-refractivity contribution < 1.29 is 9.59 Å². The molecule has 3 heteroatoms. The van der Waals surface area contributed by atoms with Crippen molar-refractivity contribution in [3.05, 3.63) is 64.7 Å². The second-order valence-electron chi connectivity index (χ2n) is 8.28. The number of anilines is 1. The minimum Gasteiger partial charge on any atom is -0.326 e. The van der Waals surface area contributed by atoms with Crippen LogP contribution in [-0.2, 0) is 27.8 Å². The lowest BCUT2D eigenvalue weighted by Crippen LogP contribution is -2.12. The van der Waals surface area contributed by atoms with Crippen LogP contribution in [0.1, 0.15) is 62.3 Å². The van der Waals surface area contributed by atoms with Gasteiger partial charge in [-0.05, 0) is 40.2 Å². The predicted octanol–water partition coefficient (Wildman–Crippen LogP) is 4.78. The number of hydrogen-bond acceptors (Lipinski definition) is 2. The maximum atomic E-state index is 12.6. The number of ketones is 1. The largest absolute Gasteiger partial charge is 0.326 e. The van der Waals surface area contributed by atoms with Crippen LogP contribution in [0, 0.1) is 0 Å². The second-order valence-corrected chi connectivity index (χ2v) is 8.28. The van der Waals surface area contributed by atoms with Crippen molar-refractivity contribution in [3.63, 3.8) is 0 Å². The number of benzene rings is 2. The molecule has 0 spiro atoms. The molecule has 3 rings (SSSR count). The van der Waals surface area contributed by atoms with Crippen LogP contribution >= 0.6 is 0 Å². The molecule has 1 aliphatic heterocycles. The van der Waals surface area contributed by atoms with Gasteiger partial charge in [-0.15, -0.1) is 0 Å². The predicted molar refractivity (Wildman–Crippen MR) is 106 cm³/mol. The molecule has 1 atom stereocenters. The Bertz CT molecular complexity index is 828. The first-order valence-corrected chi connectivity index (χ1v) is 9.29. The lowest BCUT2D eigenvalue weighted by molar-refractivity contribution is -0.120. The molecule has 26 heavy (non-hydrogen) atoms. The summed E-state index contributed by atoms with van der Waals surface area (Å²) in [6, 6.07) is 14.4. The highest BCUT2D eigenvalue weighted by atomic mass is 16.1. The fourth-order valence-corrected chi connectivity index (χ4v) is 3.36. The maximum absolute atomic E-state index is 12.6. The minimum atomic E-state index is -0.148. The van der Waals surface area contributed by atoms with Gasteiger partial charge in [-0.3, -0.25) is 9.59 Å². The number of carbonyl (C=O) groups is 2. The molecule has 2 aromatic carbocycles. The Labute approximate surface area is 155 Å². The highest BCUT2D eigenvalue weighted by Gasteiger charge is 2.21. The molecule has 0 aromatic heterocycles. The van der Waals surface area contributed by atoms with Gasteiger partial charge in [-0.2, -0.15) is 0 Å². The minimum absolute atomic E-state index is 0.0230. The van der Waals surface area contributed by atoms with Crippen LogP contribution in [0.3, 0.4) is 0 Å². The van der Waals surface area contributed by atoms with Gasteiger partial charge in [-0.25, -0.2) is 0 Å². The van der Waals surface area contributed by atoms with Crippen molar-refractivity contribution in [2.24, 2.45) is 0 Å². The summed E-state index contributed by atoms with van der Waals surface area (Å²) in [4.78, 5) is 24.1. The van der Waals surface area contributed by atoms with Gasteiger partial charge in [0.15, 0.2) is 0 Å². The zero-order valence-corrected chi connectivity index (χ0v) is 16.1. The molecular weight excluding hydrogens is 322 g/mol. The molecule has 3 nitrogen and oxygen atoms in total. The quantitative estimate of drug-likeness (QED) is 0.844. The average Bonchev–Trinajstić information content (AvgIpc) is 2.97. The van der Waals surface area contributed by atoms with Crippen LogP contribution in [0.5, 0.6) is 0 Å². The number of rotatable bonds is 5. The summed E-state index contributed by atoms with van der Waals surface area (Å²) in [5.74, 6) is 0.113. The molecule has 136 valence electrons. The lowest BCUT2D eigenvalue weighted by atomic mass is 9.86. The number of fused-ring (bicyclic) bond motifs is 1. The number of nitrogens with one attached hydrogen (secondary N) is 1. The highest BCUT2D eigenvalue weighted by Crippen LogP contribution is 2.28. The van der Waals surface area contributed by atoms with Gasteiger partial charge in [-0.1, -0.05) is 64.1 Å². The summed E-state index contributed by atoms with van der Waals surface area (Å²) in [6.07, 6.45) is 1.70. The topological polar surface area (TPSA) is 46.2 Å². The van der Waals surface area contributed by atoms with Crippen molar-refractivity contribution in [2.45, 2.75) is 58.3 Å². The Hall–Kier alpha value is -2.42. The van der Waals surface area contributed by atoms with E-state index in [4.69, 9.17) is 0 Å². The molecule has 1 amide bonds.